The fourth-order valence-electron chi connectivity index (χ4n) is 2.04. The lowest BCUT2D eigenvalue weighted by molar-refractivity contribution is -0.146. The Morgan fingerprint density at radius 2 is 1.54 bits per heavy atom. The fourth-order valence-corrected chi connectivity index (χ4v) is 4.23. The predicted octanol–water partition coefficient (Wildman–Crippen LogP) is 0.544. The van der Waals surface area contributed by atoms with E-state index in [1.165, 1.54) is 28.4 Å². The topological polar surface area (TPSA) is 131 Å². The van der Waals surface area contributed by atoms with E-state index in [1.54, 1.807) is 0 Å². The zero-order chi connectivity index (χ0) is 18.8. The van der Waals surface area contributed by atoms with Crippen molar-refractivity contribution >= 4 is 25.3 Å². The Hall–Kier alpha value is -1.44. The van der Waals surface area contributed by atoms with Crippen molar-refractivity contribution in [3.8, 4) is 0 Å². The standard InChI is InChI=1S/C14H26NO8P/c1-20-12(16)6-5-10(13(17)21-2)9-24(19,23-4)8-7-11(15)14(18)22-3/h10-11H,5-9,15H2,1-4H3/t10?,11-,24?/m0/s1. The molecule has 3 atom stereocenters. The van der Waals surface area contributed by atoms with Gasteiger partial charge in [-0.1, -0.05) is 0 Å². The Bertz CT molecular complexity index is 481. The Morgan fingerprint density at radius 3 is 2.00 bits per heavy atom. The molecule has 0 amide bonds. The van der Waals surface area contributed by atoms with E-state index in [-0.39, 0.29) is 31.6 Å². The molecule has 0 heterocycles. The summed E-state index contributed by atoms with van der Waals surface area (Å²) in [7, 11) is 1.68. The molecule has 0 spiro atoms. The van der Waals surface area contributed by atoms with Gasteiger partial charge in [0.2, 0.25) is 7.37 Å². The highest BCUT2D eigenvalue weighted by molar-refractivity contribution is 7.59. The van der Waals surface area contributed by atoms with Gasteiger partial charge in [0.25, 0.3) is 0 Å². The van der Waals surface area contributed by atoms with Gasteiger partial charge in [0.05, 0.1) is 27.2 Å². The first-order valence-corrected chi connectivity index (χ1v) is 9.34. The van der Waals surface area contributed by atoms with Gasteiger partial charge in [0.1, 0.15) is 6.04 Å². The molecule has 9 nitrogen and oxygen atoms in total. The van der Waals surface area contributed by atoms with Crippen molar-refractivity contribution in [2.24, 2.45) is 11.7 Å². The summed E-state index contributed by atoms with van der Waals surface area (Å²) < 4.78 is 31.6. The third-order valence-electron chi connectivity index (χ3n) is 3.58. The number of carbonyl (C=O) groups excluding carboxylic acids is 3. The lowest BCUT2D eigenvalue weighted by Gasteiger charge is -2.22. The van der Waals surface area contributed by atoms with Crippen LogP contribution in [0.1, 0.15) is 19.3 Å². The van der Waals surface area contributed by atoms with Crippen LogP contribution in [0.2, 0.25) is 0 Å². The highest BCUT2D eigenvalue weighted by Gasteiger charge is 2.32. The minimum Gasteiger partial charge on any atom is -0.469 e. The van der Waals surface area contributed by atoms with Crippen molar-refractivity contribution in [1.82, 2.24) is 0 Å². The number of ether oxygens (including phenoxy) is 3. The molecular weight excluding hydrogens is 341 g/mol. The number of hydrogen-bond donors (Lipinski definition) is 1. The SMILES string of the molecule is COC(=O)CCC(CP(=O)(CC[C@H](N)C(=O)OC)OC)C(=O)OC. The first-order chi connectivity index (χ1) is 11.2. The van der Waals surface area contributed by atoms with Crippen molar-refractivity contribution in [3.63, 3.8) is 0 Å². The molecule has 24 heavy (non-hydrogen) atoms. The van der Waals surface area contributed by atoms with Crippen LogP contribution in [0.4, 0.5) is 0 Å². The number of rotatable bonds is 11. The summed E-state index contributed by atoms with van der Waals surface area (Å²) in [4.78, 5) is 34.4. The molecule has 2 N–H and O–H groups in total. The number of nitrogens with two attached hydrogens (primary N) is 1. The molecule has 0 bridgehead atoms. The van der Waals surface area contributed by atoms with Crippen molar-refractivity contribution in [3.05, 3.63) is 0 Å². The largest absolute Gasteiger partial charge is 0.469 e. The van der Waals surface area contributed by atoms with Gasteiger partial charge in [-0.25, -0.2) is 0 Å². The molecule has 2 unspecified atom stereocenters. The second-order valence-electron chi connectivity index (χ2n) is 5.16. The van der Waals surface area contributed by atoms with Gasteiger partial charge in [0, 0.05) is 25.9 Å². The van der Waals surface area contributed by atoms with Gasteiger partial charge in [-0.15, -0.1) is 0 Å². The highest BCUT2D eigenvalue weighted by atomic mass is 31.2. The van der Waals surface area contributed by atoms with Gasteiger partial charge < -0.3 is 24.5 Å². The highest BCUT2D eigenvalue weighted by Crippen LogP contribution is 2.49. The molecule has 0 aliphatic heterocycles. The predicted molar refractivity (Wildman–Crippen MR) is 85.7 cm³/mol. The van der Waals surface area contributed by atoms with Crippen LogP contribution < -0.4 is 5.73 Å². The van der Waals surface area contributed by atoms with Crippen LogP contribution in [0, 0.1) is 5.92 Å². The van der Waals surface area contributed by atoms with Crippen LogP contribution in [0.25, 0.3) is 0 Å². The van der Waals surface area contributed by atoms with Crippen LogP contribution in [0.5, 0.6) is 0 Å². The third-order valence-corrected chi connectivity index (χ3v) is 6.18. The molecule has 0 aromatic heterocycles. The van der Waals surface area contributed by atoms with Crippen molar-refractivity contribution < 1.29 is 37.7 Å². The quantitative estimate of drug-likeness (QED) is 0.316. The van der Waals surface area contributed by atoms with Crippen LogP contribution in [-0.4, -0.2) is 64.7 Å². The molecule has 0 rings (SSSR count). The molecule has 0 aromatic carbocycles. The van der Waals surface area contributed by atoms with E-state index < -0.39 is 37.2 Å². The number of carbonyl (C=O) groups is 3. The Kier molecular flexibility index (Phi) is 10.5. The first-order valence-electron chi connectivity index (χ1n) is 7.34. The normalized spacial score (nSPS) is 15.7. The average molecular weight is 367 g/mol. The lowest BCUT2D eigenvalue weighted by Crippen LogP contribution is -2.32. The van der Waals surface area contributed by atoms with Gasteiger partial charge in [-0.05, 0) is 12.8 Å². The van der Waals surface area contributed by atoms with Crippen LogP contribution in [0.3, 0.4) is 0 Å². The Labute approximate surface area is 141 Å². The molecule has 0 aliphatic rings. The molecule has 0 fully saturated rings. The third kappa shape index (κ3) is 7.90. The summed E-state index contributed by atoms with van der Waals surface area (Å²) >= 11 is 0. The summed E-state index contributed by atoms with van der Waals surface area (Å²) in [5, 5.41) is 0. The van der Waals surface area contributed by atoms with Crippen molar-refractivity contribution in [1.29, 1.82) is 0 Å². The maximum atomic E-state index is 12.8. The zero-order valence-electron chi connectivity index (χ0n) is 14.5. The molecule has 0 saturated heterocycles. The van der Waals surface area contributed by atoms with Gasteiger partial charge in [-0.3, -0.25) is 18.9 Å². The van der Waals surface area contributed by atoms with E-state index in [9.17, 15) is 18.9 Å². The summed E-state index contributed by atoms with van der Waals surface area (Å²) in [5.74, 6) is -2.47. The average Bonchev–Trinajstić information content (AvgIpc) is 2.61. The van der Waals surface area contributed by atoms with Gasteiger partial charge >= 0.3 is 17.9 Å². The summed E-state index contributed by atoms with van der Waals surface area (Å²) in [5.41, 5.74) is 5.62. The number of methoxy groups -OCH3 is 3. The Morgan fingerprint density at radius 1 is 0.958 bits per heavy atom. The minimum absolute atomic E-state index is 0.00544. The molecule has 0 radical (unpaired) electrons. The van der Waals surface area contributed by atoms with E-state index in [2.05, 4.69) is 14.2 Å². The lowest BCUT2D eigenvalue weighted by atomic mass is 10.1. The van der Waals surface area contributed by atoms with Crippen LogP contribution in [0.15, 0.2) is 0 Å². The second kappa shape index (κ2) is 11.2. The molecule has 0 aliphatic carbocycles. The maximum Gasteiger partial charge on any atom is 0.322 e. The van der Waals surface area contributed by atoms with Crippen molar-refractivity contribution in [2.45, 2.75) is 25.3 Å². The smallest absolute Gasteiger partial charge is 0.322 e. The minimum atomic E-state index is -3.24. The fraction of sp³-hybridized carbons (Fsp3) is 0.786. The van der Waals surface area contributed by atoms with Crippen molar-refractivity contribution in [2.75, 3.05) is 40.8 Å². The van der Waals surface area contributed by atoms with E-state index >= 15 is 0 Å². The van der Waals surface area contributed by atoms with Gasteiger partial charge in [0.15, 0.2) is 0 Å². The van der Waals surface area contributed by atoms with E-state index in [1.807, 2.05) is 0 Å². The second-order valence-corrected chi connectivity index (χ2v) is 7.96. The van der Waals surface area contributed by atoms with Crippen LogP contribution in [-0.2, 0) is 37.7 Å². The van der Waals surface area contributed by atoms with Gasteiger partial charge in [-0.2, -0.15) is 0 Å². The van der Waals surface area contributed by atoms with Crippen LogP contribution >= 0.6 is 7.37 Å². The monoisotopic (exact) mass is 367 g/mol. The Balaban J connectivity index is 4.89. The maximum absolute atomic E-state index is 12.8. The van der Waals surface area contributed by atoms with E-state index in [0.29, 0.717) is 0 Å². The number of hydrogen-bond acceptors (Lipinski definition) is 9. The molecule has 140 valence electrons. The summed E-state index contributed by atoms with van der Waals surface area (Å²) in [6, 6.07) is -0.926. The summed E-state index contributed by atoms with van der Waals surface area (Å²) in [6.45, 7) is 0. The number of esters is 3. The molecule has 0 saturated carbocycles. The van der Waals surface area contributed by atoms with E-state index in [4.69, 9.17) is 10.3 Å². The molecular formula is C14H26NO8P. The van der Waals surface area contributed by atoms with E-state index in [0.717, 1.165) is 0 Å². The zero-order valence-corrected chi connectivity index (χ0v) is 15.4. The molecule has 10 heteroatoms. The first kappa shape index (κ1) is 22.6. The molecule has 0 aromatic rings. The summed E-state index contributed by atoms with van der Waals surface area (Å²) in [6.07, 6.45) is 0.0899.